The Morgan fingerprint density at radius 2 is 1.95 bits per heavy atom. The molecule has 0 bridgehead atoms. The van der Waals surface area contributed by atoms with E-state index in [2.05, 4.69) is 12.2 Å². The average molecular weight is 557 g/mol. The van der Waals surface area contributed by atoms with Gasteiger partial charge in [-0.2, -0.15) is 0 Å². The highest BCUT2D eigenvalue weighted by Crippen LogP contribution is 2.35. The molecule has 2 aliphatic rings. The van der Waals surface area contributed by atoms with Crippen LogP contribution < -0.4 is 11.1 Å². The Labute approximate surface area is 226 Å². The van der Waals surface area contributed by atoms with Gasteiger partial charge < -0.3 is 46.1 Å². The third-order valence-corrected chi connectivity index (χ3v) is 8.36. The van der Waals surface area contributed by atoms with Gasteiger partial charge >= 0.3 is 5.97 Å². The monoisotopic (exact) mass is 556 g/mol. The van der Waals surface area contributed by atoms with E-state index in [-0.39, 0.29) is 35.5 Å². The molecule has 1 aromatic carbocycles. The van der Waals surface area contributed by atoms with Gasteiger partial charge in [0.15, 0.2) is 0 Å². The number of benzene rings is 1. The molecule has 9 atom stereocenters. The second kappa shape index (κ2) is 13.8. The van der Waals surface area contributed by atoms with Crippen LogP contribution in [-0.2, 0) is 14.3 Å². The second-order valence-electron chi connectivity index (χ2n) is 10.2. The number of phenolic OH excluding ortho intramolecular Hbond substituents is 1. The van der Waals surface area contributed by atoms with Gasteiger partial charge in [0, 0.05) is 23.4 Å². The predicted molar refractivity (Wildman–Crippen MR) is 141 cm³/mol. The molecule has 1 amide bonds. The van der Waals surface area contributed by atoms with Crippen molar-refractivity contribution in [2.45, 2.75) is 87.9 Å². The summed E-state index contributed by atoms with van der Waals surface area (Å²) in [6.45, 7) is 3.48. The second-order valence-corrected chi connectivity index (χ2v) is 11.4. The first-order valence-electron chi connectivity index (χ1n) is 13.1. The molecule has 8 N–H and O–H groups in total. The molecule has 1 aromatic rings. The lowest BCUT2D eigenvalue weighted by atomic mass is 9.91. The Hall–Kier alpha value is -2.09. The van der Waals surface area contributed by atoms with E-state index in [4.69, 9.17) is 15.2 Å². The van der Waals surface area contributed by atoms with Crippen molar-refractivity contribution in [1.29, 1.82) is 0 Å². The van der Waals surface area contributed by atoms with Crippen molar-refractivity contribution in [3.8, 4) is 5.75 Å². The van der Waals surface area contributed by atoms with Crippen LogP contribution in [0.2, 0.25) is 0 Å². The number of hydrogen-bond donors (Lipinski definition) is 7. The Morgan fingerprint density at radius 3 is 2.61 bits per heavy atom. The maximum absolute atomic E-state index is 13.0. The van der Waals surface area contributed by atoms with E-state index < -0.39 is 48.0 Å². The van der Waals surface area contributed by atoms with E-state index in [9.17, 15) is 35.1 Å². The number of anilines is 1. The molecule has 0 spiro atoms. The summed E-state index contributed by atoms with van der Waals surface area (Å²) >= 11 is 1.04. The number of rotatable bonds is 11. The zero-order chi connectivity index (χ0) is 28.0. The summed E-state index contributed by atoms with van der Waals surface area (Å²) in [7, 11) is 0. The largest absolute Gasteiger partial charge is 0.507 e. The fourth-order valence-electron chi connectivity index (χ4n) is 5.15. The van der Waals surface area contributed by atoms with Gasteiger partial charge in [0.2, 0.25) is 5.91 Å². The molecule has 11 nitrogen and oxygen atoms in total. The van der Waals surface area contributed by atoms with Crippen molar-refractivity contribution in [2.24, 2.45) is 11.8 Å². The minimum absolute atomic E-state index is 0.0458. The van der Waals surface area contributed by atoms with Gasteiger partial charge in [-0.25, -0.2) is 4.79 Å². The van der Waals surface area contributed by atoms with E-state index in [0.29, 0.717) is 11.6 Å². The van der Waals surface area contributed by atoms with Crippen molar-refractivity contribution < 1.29 is 44.6 Å². The number of nitrogen functional groups attached to an aromatic ring is 1. The van der Waals surface area contributed by atoms with Gasteiger partial charge in [-0.3, -0.25) is 4.79 Å². The molecule has 12 heteroatoms. The standard InChI is InChI=1S/C26H40N2O9S/c1-3-4-14-5-6-15(11-14)24(34)28-19(13(2)29)23-21(32)20(31)22(33)26(37-23)38-10-9-36-25(35)17-8-7-16(27)12-18(17)30/h7-8,12-15,19-23,26,29-33H,3-6,9-11,27H2,1-2H3,(H,28,34)/t13-,14+,15+,19-,20+,21-,22-,23-,26-/m1/s1. The summed E-state index contributed by atoms with van der Waals surface area (Å²) in [5.74, 6) is -0.832. The number of carbonyl (C=O) groups is 2. The fourth-order valence-corrected chi connectivity index (χ4v) is 6.13. The van der Waals surface area contributed by atoms with Gasteiger partial charge in [0.1, 0.15) is 47.8 Å². The lowest BCUT2D eigenvalue weighted by molar-refractivity contribution is -0.211. The summed E-state index contributed by atoms with van der Waals surface area (Å²) in [4.78, 5) is 25.2. The third-order valence-electron chi connectivity index (χ3n) is 7.24. The van der Waals surface area contributed by atoms with Crippen LogP contribution in [-0.4, -0.2) is 91.8 Å². The molecule has 1 saturated carbocycles. The number of thioether (sulfide) groups is 1. The Kier molecular flexibility index (Phi) is 11.1. The highest BCUT2D eigenvalue weighted by atomic mass is 32.2. The molecule has 2 fully saturated rings. The molecule has 1 heterocycles. The van der Waals surface area contributed by atoms with E-state index in [1.54, 1.807) is 0 Å². The quantitative estimate of drug-likeness (QED) is 0.116. The molecule has 0 unspecified atom stereocenters. The van der Waals surface area contributed by atoms with Crippen molar-refractivity contribution in [1.82, 2.24) is 5.32 Å². The highest BCUT2D eigenvalue weighted by molar-refractivity contribution is 7.99. The number of aliphatic hydroxyl groups excluding tert-OH is 4. The van der Waals surface area contributed by atoms with Crippen LogP contribution >= 0.6 is 11.8 Å². The summed E-state index contributed by atoms with van der Waals surface area (Å²) in [6, 6.07) is 3.02. The summed E-state index contributed by atoms with van der Waals surface area (Å²) in [5, 5.41) is 54.7. The maximum atomic E-state index is 13.0. The lowest BCUT2D eigenvalue weighted by Gasteiger charge is -2.44. The van der Waals surface area contributed by atoms with E-state index in [0.717, 1.165) is 43.9 Å². The van der Waals surface area contributed by atoms with E-state index in [1.165, 1.54) is 25.1 Å². The summed E-state index contributed by atoms with van der Waals surface area (Å²) < 4.78 is 11.1. The summed E-state index contributed by atoms with van der Waals surface area (Å²) in [5.41, 5.74) is 4.78. The zero-order valence-electron chi connectivity index (χ0n) is 21.7. The van der Waals surface area contributed by atoms with E-state index >= 15 is 0 Å². The Morgan fingerprint density at radius 1 is 1.21 bits per heavy atom. The number of aromatic hydroxyl groups is 1. The number of ether oxygens (including phenoxy) is 2. The summed E-state index contributed by atoms with van der Waals surface area (Å²) in [6.07, 6.45) is -2.27. The molecule has 1 saturated heterocycles. The van der Waals surface area contributed by atoms with Gasteiger partial charge in [0.25, 0.3) is 0 Å². The topological polar surface area (TPSA) is 192 Å². The van der Waals surface area contributed by atoms with Crippen molar-refractivity contribution in [3.63, 3.8) is 0 Å². The first-order valence-corrected chi connectivity index (χ1v) is 14.1. The lowest BCUT2D eigenvalue weighted by Crippen LogP contribution is -2.65. The molecular formula is C26H40N2O9S. The van der Waals surface area contributed by atoms with Crippen LogP contribution in [0.3, 0.4) is 0 Å². The van der Waals surface area contributed by atoms with Gasteiger partial charge in [-0.1, -0.05) is 19.8 Å². The molecule has 38 heavy (non-hydrogen) atoms. The Balaban J connectivity index is 1.57. The predicted octanol–water partition coefficient (Wildman–Crippen LogP) is 0.754. The van der Waals surface area contributed by atoms with Crippen molar-refractivity contribution >= 4 is 29.3 Å². The number of nitrogens with two attached hydrogens (primary N) is 1. The number of amides is 1. The molecule has 214 valence electrons. The van der Waals surface area contributed by atoms with Gasteiger partial charge in [-0.05, 0) is 44.2 Å². The van der Waals surface area contributed by atoms with Crippen LogP contribution in [0.5, 0.6) is 5.75 Å². The van der Waals surface area contributed by atoms with E-state index in [1.807, 2.05) is 0 Å². The first-order chi connectivity index (χ1) is 18.0. The SMILES string of the molecule is CCC[C@H]1CC[C@H](C(=O)N[C@@H]([C@H]2O[C@H](SCCOC(=O)c3ccc(N)cc3O)[C@H](O)[C@@H](O)[C@H]2O)[C@@H](C)O)C1. The van der Waals surface area contributed by atoms with Gasteiger partial charge in [0.05, 0.1) is 12.1 Å². The van der Waals surface area contributed by atoms with Crippen LogP contribution in [0.1, 0.15) is 56.3 Å². The minimum Gasteiger partial charge on any atom is -0.507 e. The highest BCUT2D eigenvalue weighted by Gasteiger charge is 2.48. The number of aliphatic hydroxyl groups is 4. The van der Waals surface area contributed by atoms with Crippen LogP contribution in [0, 0.1) is 11.8 Å². The number of carbonyl (C=O) groups excluding carboxylic acids is 2. The minimum atomic E-state index is -1.58. The Bertz CT molecular complexity index is 949. The first kappa shape index (κ1) is 30.5. The molecule has 0 aromatic heterocycles. The number of hydrogen-bond acceptors (Lipinski definition) is 11. The third kappa shape index (κ3) is 7.51. The zero-order valence-corrected chi connectivity index (χ0v) is 22.5. The molecule has 1 aliphatic heterocycles. The average Bonchev–Trinajstić information content (AvgIpc) is 3.34. The molecule has 3 rings (SSSR count). The molecule has 1 aliphatic carbocycles. The number of phenols is 1. The van der Waals surface area contributed by atoms with Crippen molar-refractivity contribution in [2.75, 3.05) is 18.1 Å². The number of nitrogens with one attached hydrogen (secondary N) is 1. The molecular weight excluding hydrogens is 516 g/mol. The van der Waals surface area contributed by atoms with Crippen LogP contribution in [0.25, 0.3) is 0 Å². The molecule has 0 radical (unpaired) electrons. The van der Waals surface area contributed by atoms with Crippen molar-refractivity contribution in [3.05, 3.63) is 23.8 Å². The maximum Gasteiger partial charge on any atom is 0.341 e. The number of esters is 1. The van der Waals surface area contributed by atoms with Gasteiger partial charge in [-0.15, -0.1) is 11.8 Å². The fraction of sp³-hybridized carbons (Fsp3) is 0.692. The smallest absolute Gasteiger partial charge is 0.341 e. The van der Waals surface area contributed by atoms with Crippen LogP contribution in [0.4, 0.5) is 5.69 Å². The normalized spacial score (nSPS) is 30.9. The van der Waals surface area contributed by atoms with Crippen LogP contribution in [0.15, 0.2) is 18.2 Å².